The maximum Gasteiger partial charge on any atom is 0.0469 e. The highest BCUT2D eigenvalue weighted by molar-refractivity contribution is 8.06. The van der Waals surface area contributed by atoms with Gasteiger partial charge in [-0.05, 0) is 31.7 Å². The van der Waals surface area contributed by atoms with Crippen molar-refractivity contribution < 1.29 is 4.74 Å². The monoisotopic (exact) mass is 275 g/mol. The maximum absolute atomic E-state index is 5.50. The smallest absolute Gasteiger partial charge is 0.0469 e. The Morgan fingerprint density at radius 1 is 1.29 bits per heavy atom. The molecule has 2 fully saturated rings. The molecule has 2 aliphatic heterocycles. The molecule has 0 radical (unpaired) electrons. The van der Waals surface area contributed by atoms with E-state index in [2.05, 4.69) is 35.8 Å². The first-order valence-electron chi connectivity index (χ1n) is 6.92. The fourth-order valence-corrected chi connectivity index (χ4v) is 5.67. The second-order valence-corrected chi connectivity index (χ2v) is 7.41. The summed E-state index contributed by atoms with van der Waals surface area (Å²) in [4.78, 5) is 0. The summed E-state index contributed by atoms with van der Waals surface area (Å²) in [5.74, 6) is 4.85. The molecule has 2 atom stereocenters. The van der Waals surface area contributed by atoms with Gasteiger partial charge in [0.05, 0.1) is 0 Å². The van der Waals surface area contributed by atoms with Crippen molar-refractivity contribution in [2.45, 2.75) is 37.5 Å². The molecular formula is C13H25NOS2. The summed E-state index contributed by atoms with van der Waals surface area (Å²) in [5.41, 5.74) is 0. The Bertz CT molecular complexity index is 186. The lowest BCUT2D eigenvalue weighted by Crippen LogP contribution is -2.48. The number of ether oxygens (including phenoxy) is 1. The van der Waals surface area contributed by atoms with Crippen molar-refractivity contribution in [3.05, 3.63) is 0 Å². The number of nitrogens with one attached hydrogen (secondary N) is 1. The molecule has 0 saturated carbocycles. The van der Waals surface area contributed by atoms with Crippen LogP contribution in [0.4, 0.5) is 0 Å². The largest absolute Gasteiger partial charge is 0.381 e. The van der Waals surface area contributed by atoms with E-state index >= 15 is 0 Å². The summed E-state index contributed by atoms with van der Waals surface area (Å²) < 4.78 is 5.50. The zero-order valence-corrected chi connectivity index (χ0v) is 12.5. The number of rotatable bonds is 5. The number of hydrogen-bond donors (Lipinski definition) is 1. The minimum Gasteiger partial charge on any atom is -0.381 e. The summed E-state index contributed by atoms with van der Waals surface area (Å²) in [6.45, 7) is 5.37. The van der Waals surface area contributed by atoms with Crippen molar-refractivity contribution in [3.63, 3.8) is 0 Å². The molecule has 0 aromatic heterocycles. The van der Waals surface area contributed by atoms with Crippen molar-refractivity contribution in [3.8, 4) is 0 Å². The van der Waals surface area contributed by atoms with Crippen LogP contribution in [-0.4, -0.2) is 48.3 Å². The molecule has 2 aliphatic rings. The van der Waals surface area contributed by atoms with Crippen molar-refractivity contribution in [1.82, 2.24) is 5.32 Å². The van der Waals surface area contributed by atoms with Crippen LogP contribution in [0.15, 0.2) is 0 Å². The lowest BCUT2D eigenvalue weighted by Gasteiger charge is -2.37. The molecule has 0 aromatic carbocycles. The van der Waals surface area contributed by atoms with Crippen LogP contribution in [0.3, 0.4) is 0 Å². The third-order valence-electron chi connectivity index (χ3n) is 3.65. The predicted molar refractivity (Wildman–Crippen MR) is 79.2 cm³/mol. The zero-order chi connectivity index (χ0) is 11.9. The van der Waals surface area contributed by atoms with Crippen LogP contribution >= 0.6 is 23.5 Å². The van der Waals surface area contributed by atoms with Gasteiger partial charge in [0.25, 0.3) is 0 Å². The van der Waals surface area contributed by atoms with E-state index in [1.165, 1.54) is 43.1 Å². The molecule has 2 heterocycles. The second-order valence-electron chi connectivity index (χ2n) is 4.91. The molecule has 4 heteroatoms. The van der Waals surface area contributed by atoms with Crippen molar-refractivity contribution in [2.75, 3.05) is 37.0 Å². The van der Waals surface area contributed by atoms with Crippen molar-refractivity contribution in [2.24, 2.45) is 5.92 Å². The predicted octanol–water partition coefficient (Wildman–Crippen LogP) is 2.63. The van der Waals surface area contributed by atoms with Gasteiger partial charge in [-0.3, -0.25) is 0 Å². The van der Waals surface area contributed by atoms with Gasteiger partial charge in [0, 0.05) is 41.8 Å². The van der Waals surface area contributed by atoms with Crippen LogP contribution in [0.1, 0.15) is 26.2 Å². The highest BCUT2D eigenvalue weighted by atomic mass is 32.2. The quantitative estimate of drug-likeness (QED) is 0.832. The molecule has 2 unspecified atom stereocenters. The minimum atomic E-state index is 0.719. The van der Waals surface area contributed by atoms with E-state index in [9.17, 15) is 0 Å². The second kappa shape index (κ2) is 7.93. The first-order valence-corrected chi connectivity index (χ1v) is 9.12. The van der Waals surface area contributed by atoms with E-state index in [-0.39, 0.29) is 0 Å². The van der Waals surface area contributed by atoms with Crippen molar-refractivity contribution >= 4 is 23.5 Å². The SMILES string of the molecule is CCCNC(C1CCOCC1)C1CSCCS1. The van der Waals surface area contributed by atoms with E-state index in [0.29, 0.717) is 0 Å². The highest BCUT2D eigenvalue weighted by Crippen LogP contribution is 2.32. The Hall–Kier alpha value is 0.620. The van der Waals surface area contributed by atoms with Gasteiger partial charge in [-0.2, -0.15) is 23.5 Å². The van der Waals surface area contributed by atoms with Crippen LogP contribution < -0.4 is 5.32 Å². The van der Waals surface area contributed by atoms with Crippen LogP contribution in [0.5, 0.6) is 0 Å². The van der Waals surface area contributed by atoms with Gasteiger partial charge in [-0.25, -0.2) is 0 Å². The summed E-state index contributed by atoms with van der Waals surface area (Å²) in [5, 5.41) is 4.64. The van der Waals surface area contributed by atoms with E-state index in [0.717, 1.165) is 30.4 Å². The zero-order valence-electron chi connectivity index (χ0n) is 10.8. The average molecular weight is 275 g/mol. The molecule has 100 valence electrons. The Labute approximate surface area is 114 Å². The lowest BCUT2D eigenvalue weighted by molar-refractivity contribution is 0.0541. The third-order valence-corrected chi connectivity index (χ3v) is 6.53. The van der Waals surface area contributed by atoms with Gasteiger partial charge >= 0.3 is 0 Å². The van der Waals surface area contributed by atoms with Gasteiger partial charge in [0.15, 0.2) is 0 Å². The normalized spacial score (nSPS) is 29.1. The molecule has 2 nitrogen and oxygen atoms in total. The van der Waals surface area contributed by atoms with Crippen LogP contribution in [-0.2, 0) is 4.74 Å². The molecule has 1 N–H and O–H groups in total. The third kappa shape index (κ3) is 4.34. The van der Waals surface area contributed by atoms with Gasteiger partial charge in [-0.15, -0.1) is 0 Å². The minimum absolute atomic E-state index is 0.719. The molecule has 0 bridgehead atoms. The van der Waals surface area contributed by atoms with Gasteiger partial charge in [0.1, 0.15) is 0 Å². The Morgan fingerprint density at radius 2 is 2.12 bits per heavy atom. The summed E-state index contributed by atoms with van der Waals surface area (Å²) in [6, 6.07) is 0.719. The van der Waals surface area contributed by atoms with Crippen molar-refractivity contribution in [1.29, 1.82) is 0 Å². The first kappa shape index (κ1) is 14.0. The lowest BCUT2D eigenvalue weighted by atomic mass is 9.89. The summed E-state index contributed by atoms with van der Waals surface area (Å²) in [7, 11) is 0. The highest BCUT2D eigenvalue weighted by Gasteiger charge is 2.31. The maximum atomic E-state index is 5.50. The molecule has 0 amide bonds. The van der Waals surface area contributed by atoms with Gasteiger partial charge in [-0.1, -0.05) is 6.92 Å². The van der Waals surface area contributed by atoms with Gasteiger partial charge in [0.2, 0.25) is 0 Å². The average Bonchev–Trinajstić information content (AvgIpc) is 2.42. The Balaban J connectivity index is 1.90. The van der Waals surface area contributed by atoms with Crippen LogP contribution in [0, 0.1) is 5.92 Å². The molecule has 2 saturated heterocycles. The fourth-order valence-electron chi connectivity index (χ4n) is 2.70. The first-order chi connectivity index (χ1) is 8.42. The number of thioether (sulfide) groups is 2. The molecule has 0 spiro atoms. The summed E-state index contributed by atoms with van der Waals surface area (Å²) in [6.07, 6.45) is 3.75. The van der Waals surface area contributed by atoms with Crippen LogP contribution in [0.2, 0.25) is 0 Å². The standard InChI is InChI=1S/C13H25NOS2/c1-2-5-14-13(11-3-6-15-7-4-11)12-10-16-8-9-17-12/h11-14H,2-10H2,1H3. The number of hydrogen-bond acceptors (Lipinski definition) is 4. The van der Waals surface area contributed by atoms with Crippen LogP contribution in [0.25, 0.3) is 0 Å². The molecule has 17 heavy (non-hydrogen) atoms. The van der Waals surface area contributed by atoms with E-state index < -0.39 is 0 Å². The van der Waals surface area contributed by atoms with E-state index in [1.807, 2.05) is 0 Å². The topological polar surface area (TPSA) is 21.3 Å². The Morgan fingerprint density at radius 3 is 2.76 bits per heavy atom. The van der Waals surface area contributed by atoms with E-state index in [4.69, 9.17) is 4.74 Å². The molecule has 0 aliphatic carbocycles. The molecule has 2 rings (SSSR count). The molecular weight excluding hydrogens is 250 g/mol. The van der Waals surface area contributed by atoms with E-state index in [1.54, 1.807) is 0 Å². The molecule has 0 aromatic rings. The van der Waals surface area contributed by atoms with Gasteiger partial charge < -0.3 is 10.1 Å². The summed E-state index contributed by atoms with van der Waals surface area (Å²) >= 11 is 4.33. The fraction of sp³-hybridized carbons (Fsp3) is 1.00. The Kier molecular flexibility index (Phi) is 6.54.